The Labute approximate surface area is 172 Å². The average molecular weight is 418 g/mol. The summed E-state index contributed by atoms with van der Waals surface area (Å²) in [6.07, 6.45) is 1.61. The van der Waals surface area contributed by atoms with E-state index < -0.39 is 18.0 Å². The molecule has 3 rings (SSSR count). The van der Waals surface area contributed by atoms with E-state index in [4.69, 9.17) is 27.9 Å². The highest BCUT2D eigenvalue weighted by Gasteiger charge is 2.31. The van der Waals surface area contributed by atoms with Crippen molar-refractivity contribution >= 4 is 35.5 Å². The van der Waals surface area contributed by atoms with Crippen LogP contribution in [0.1, 0.15) is 36.6 Å². The average Bonchev–Trinajstić information content (AvgIpc) is 3.17. The predicted octanol–water partition coefficient (Wildman–Crippen LogP) is 4.55. The van der Waals surface area contributed by atoms with E-state index in [0.717, 1.165) is 12.0 Å². The first-order valence-electron chi connectivity index (χ1n) is 8.53. The van der Waals surface area contributed by atoms with Crippen molar-refractivity contribution in [2.45, 2.75) is 25.4 Å². The van der Waals surface area contributed by atoms with E-state index in [1.54, 1.807) is 22.9 Å². The van der Waals surface area contributed by atoms with Crippen molar-refractivity contribution in [3.63, 3.8) is 0 Å². The number of carbonyl (C=O) groups excluding carboxylic acids is 2. The molecule has 0 N–H and O–H groups in total. The fourth-order valence-corrected chi connectivity index (χ4v) is 3.32. The molecule has 6 nitrogen and oxygen atoms in total. The number of ether oxygens (including phenoxy) is 1. The second-order valence-corrected chi connectivity index (χ2v) is 6.93. The number of benzene rings is 2. The van der Waals surface area contributed by atoms with Crippen LogP contribution in [0.5, 0.6) is 0 Å². The number of para-hydroxylation sites is 1. The van der Waals surface area contributed by atoms with Crippen LogP contribution in [0.4, 0.5) is 0 Å². The highest BCUT2D eigenvalue weighted by Crippen LogP contribution is 2.38. The van der Waals surface area contributed by atoms with Gasteiger partial charge in [-0.15, -0.1) is 5.10 Å². The van der Waals surface area contributed by atoms with E-state index in [-0.39, 0.29) is 6.42 Å². The lowest BCUT2D eigenvalue weighted by molar-refractivity contribution is -0.148. The molecule has 28 heavy (non-hydrogen) atoms. The third kappa shape index (κ3) is 4.40. The first kappa shape index (κ1) is 20.0. The predicted molar refractivity (Wildman–Crippen MR) is 106 cm³/mol. The Bertz CT molecular complexity index is 976. The summed E-state index contributed by atoms with van der Waals surface area (Å²) in [5.74, 6) is -0.973. The Morgan fingerprint density at radius 2 is 1.93 bits per heavy atom. The normalized spacial score (nSPS) is 13.0. The summed E-state index contributed by atoms with van der Waals surface area (Å²) in [7, 11) is 0. The van der Waals surface area contributed by atoms with Gasteiger partial charge in [0.25, 0.3) is 0 Å². The van der Waals surface area contributed by atoms with E-state index in [1.165, 1.54) is 13.1 Å². The smallest absolute Gasteiger partial charge is 0.303 e. The van der Waals surface area contributed by atoms with Gasteiger partial charge < -0.3 is 9.53 Å². The Kier molecular flexibility index (Phi) is 6.44. The number of rotatable bonds is 7. The number of hydrogen-bond acceptors (Lipinski definition) is 5. The minimum absolute atomic E-state index is 0.107. The zero-order chi connectivity index (χ0) is 20.1. The third-order valence-electron chi connectivity index (χ3n) is 4.25. The molecule has 0 saturated carbocycles. The van der Waals surface area contributed by atoms with E-state index >= 15 is 0 Å². The van der Waals surface area contributed by atoms with Crippen LogP contribution in [0.2, 0.25) is 10.0 Å². The van der Waals surface area contributed by atoms with Crippen molar-refractivity contribution in [2.24, 2.45) is 0 Å². The van der Waals surface area contributed by atoms with Crippen LogP contribution >= 0.6 is 23.2 Å². The minimum Gasteiger partial charge on any atom is -0.455 e. The van der Waals surface area contributed by atoms with Crippen molar-refractivity contribution in [2.75, 3.05) is 0 Å². The fourth-order valence-electron chi connectivity index (χ4n) is 3.02. The van der Waals surface area contributed by atoms with Crippen molar-refractivity contribution in [1.82, 2.24) is 15.0 Å². The van der Waals surface area contributed by atoms with Crippen LogP contribution in [0.25, 0.3) is 5.69 Å². The molecule has 144 valence electrons. The van der Waals surface area contributed by atoms with E-state index in [1.807, 2.05) is 30.3 Å². The molecule has 0 radical (unpaired) electrons. The van der Waals surface area contributed by atoms with Crippen LogP contribution in [-0.2, 0) is 14.3 Å². The Morgan fingerprint density at radius 3 is 2.57 bits per heavy atom. The molecule has 1 aromatic heterocycles. The van der Waals surface area contributed by atoms with Gasteiger partial charge >= 0.3 is 5.97 Å². The zero-order valence-electron chi connectivity index (χ0n) is 15.0. The van der Waals surface area contributed by atoms with Gasteiger partial charge in [-0.1, -0.05) is 52.7 Å². The molecule has 0 unspecified atom stereocenters. The molecule has 2 atom stereocenters. The first-order chi connectivity index (χ1) is 13.5. The molecular formula is C20H17Cl2N3O3. The summed E-state index contributed by atoms with van der Waals surface area (Å²) < 4.78 is 7.21. The second-order valence-electron chi connectivity index (χ2n) is 6.12. The Morgan fingerprint density at radius 1 is 1.18 bits per heavy atom. The van der Waals surface area contributed by atoms with Gasteiger partial charge in [0.05, 0.1) is 21.9 Å². The summed E-state index contributed by atoms with van der Waals surface area (Å²) in [6, 6.07) is 14.4. The van der Waals surface area contributed by atoms with E-state index in [9.17, 15) is 9.59 Å². The highest BCUT2D eigenvalue weighted by atomic mass is 35.5. The largest absolute Gasteiger partial charge is 0.455 e. The van der Waals surface area contributed by atoms with Crippen LogP contribution in [0.15, 0.2) is 54.7 Å². The van der Waals surface area contributed by atoms with Crippen LogP contribution in [0.3, 0.4) is 0 Å². The van der Waals surface area contributed by atoms with Crippen molar-refractivity contribution in [1.29, 1.82) is 0 Å². The summed E-state index contributed by atoms with van der Waals surface area (Å²) in [6.45, 7) is 1.32. The number of aromatic nitrogens is 3. The van der Waals surface area contributed by atoms with Gasteiger partial charge in [-0.25, -0.2) is 4.68 Å². The summed E-state index contributed by atoms with van der Waals surface area (Å²) in [5.41, 5.74) is 2.01. The van der Waals surface area contributed by atoms with Crippen LogP contribution in [0, 0.1) is 0 Å². The molecule has 0 spiro atoms. The lowest BCUT2D eigenvalue weighted by Crippen LogP contribution is -2.21. The van der Waals surface area contributed by atoms with Gasteiger partial charge in [0, 0.05) is 19.3 Å². The summed E-state index contributed by atoms with van der Waals surface area (Å²) in [4.78, 5) is 23.3. The first-order valence-corrected chi connectivity index (χ1v) is 9.28. The van der Waals surface area contributed by atoms with Gasteiger partial charge in [0.2, 0.25) is 0 Å². The number of aldehydes is 1. The fraction of sp³-hybridized carbons (Fsp3) is 0.200. The SMILES string of the molecule is CC(=O)O[C@H](c1cnnn1-c1ccccc1)[C@@H](CC=O)c1ccc(Cl)c(Cl)c1. The molecule has 3 aromatic rings. The quantitative estimate of drug-likeness (QED) is 0.416. The van der Waals surface area contributed by atoms with Crippen molar-refractivity contribution in [3.8, 4) is 5.69 Å². The van der Waals surface area contributed by atoms with Crippen molar-refractivity contribution < 1.29 is 14.3 Å². The molecule has 8 heteroatoms. The Balaban J connectivity index is 2.10. The van der Waals surface area contributed by atoms with Gasteiger partial charge in [-0.05, 0) is 29.8 Å². The minimum atomic E-state index is -0.796. The topological polar surface area (TPSA) is 74.1 Å². The number of hydrogen-bond donors (Lipinski definition) is 0. The van der Waals surface area contributed by atoms with Gasteiger partial charge in [0.1, 0.15) is 12.0 Å². The third-order valence-corrected chi connectivity index (χ3v) is 4.99. The van der Waals surface area contributed by atoms with Crippen molar-refractivity contribution in [3.05, 3.63) is 76.0 Å². The van der Waals surface area contributed by atoms with E-state index in [2.05, 4.69) is 10.3 Å². The van der Waals surface area contributed by atoms with Gasteiger partial charge in [0.15, 0.2) is 6.10 Å². The zero-order valence-corrected chi connectivity index (χ0v) is 16.5. The number of halogens is 2. The maximum absolute atomic E-state index is 11.9. The highest BCUT2D eigenvalue weighted by molar-refractivity contribution is 6.42. The number of carbonyl (C=O) groups is 2. The molecule has 0 saturated heterocycles. The Hall–Kier alpha value is -2.70. The van der Waals surface area contributed by atoms with Crippen LogP contribution < -0.4 is 0 Å². The van der Waals surface area contributed by atoms with Gasteiger partial charge in [-0.2, -0.15) is 0 Å². The molecule has 0 amide bonds. The molecule has 0 aliphatic rings. The van der Waals surface area contributed by atoms with E-state index in [0.29, 0.717) is 21.3 Å². The number of nitrogens with zero attached hydrogens (tertiary/aromatic N) is 3. The molecule has 0 aliphatic carbocycles. The number of esters is 1. The molecule has 0 bridgehead atoms. The standard InChI is InChI=1S/C20H17Cl2N3O3/c1-13(27)28-20(16(9-10-26)14-7-8-17(21)18(22)11-14)19-12-23-24-25(19)15-5-3-2-4-6-15/h2-8,10-12,16,20H,9H2,1H3/t16-,20-/m0/s1. The molecule has 0 fully saturated rings. The molecular weight excluding hydrogens is 401 g/mol. The monoisotopic (exact) mass is 417 g/mol. The second kappa shape index (κ2) is 8.99. The lowest BCUT2D eigenvalue weighted by atomic mass is 9.89. The molecule has 0 aliphatic heterocycles. The maximum Gasteiger partial charge on any atom is 0.303 e. The van der Waals surface area contributed by atoms with Crippen LogP contribution in [-0.4, -0.2) is 27.2 Å². The molecule has 2 aromatic carbocycles. The maximum atomic E-state index is 11.9. The molecule has 1 heterocycles. The van der Waals surface area contributed by atoms with Gasteiger partial charge in [-0.3, -0.25) is 4.79 Å². The lowest BCUT2D eigenvalue weighted by Gasteiger charge is -2.26. The summed E-state index contributed by atoms with van der Waals surface area (Å²) in [5, 5.41) is 8.85. The summed E-state index contributed by atoms with van der Waals surface area (Å²) >= 11 is 12.2.